The summed E-state index contributed by atoms with van der Waals surface area (Å²) in [5.41, 5.74) is 0.846. The number of benzene rings is 3. The summed E-state index contributed by atoms with van der Waals surface area (Å²) in [5, 5.41) is 0.386. The van der Waals surface area contributed by atoms with E-state index in [0.29, 0.717) is 34.3 Å². The Morgan fingerprint density at radius 2 is 1.39 bits per heavy atom. The minimum absolute atomic E-state index is 0.0462. The Labute approximate surface area is 232 Å². The van der Waals surface area contributed by atoms with Gasteiger partial charge in [-0.25, -0.2) is 16.8 Å². The van der Waals surface area contributed by atoms with E-state index in [2.05, 4.69) is 9.44 Å². The fourth-order valence-corrected chi connectivity index (χ4v) is 7.04. The molecule has 4 rings (SSSR count). The van der Waals surface area contributed by atoms with Crippen LogP contribution in [-0.4, -0.2) is 47.0 Å². The maximum atomic E-state index is 13.3. The lowest BCUT2D eigenvalue weighted by atomic mass is 10.2. The van der Waals surface area contributed by atoms with Crippen LogP contribution in [0.2, 0.25) is 5.02 Å². The van der Waals surface area contributed by atoms with Crippen molar-refractivity contribution < 1.29 is 21.6 Å². The summed E-state index contributed by atoms with van der Waals surface area (Å²) in [4.78, 5) is 15.7. The number of thioether (sulfide) groups is 1. The molecule has 0 unspecified atom stereocenters. The molecule has 0 spiro atoms. The van der Waals surface area contributed by atoms with Gasteiger partial charge in [-0.15, -0.1) is 11.8 Å². The van der Waals surface area contributed by atoms with Crippen LogP contribution < -0.4 is 9.44 Å². The van der Waals surface area contributed by atoms with E-state index in [1.165, 1.54) is 54.2 Å². The van der Waals surface area contributed by atoms with Crippen molar-refractivity contribution in [1.82, 2.24) is 4.90 Å². The molecule has 0 radical (unpaired) electrons. The maximum Gasteiger partial charge on any atom is 0.261 e. The number of carbonyl (C=O) groups excluding carboxylic acids is 1. The van der Waals surface area contributed by atoms with Gasteiger partial charge in [0.05, 0.1) is 21.0 Å². The molecule has 0 saturated carbocycles. The van der Waals surface area contributed by atoms with Crippen molar-refractivity contribution in [2.75, 3.05) is 28.8 Å². The molecule has 0 atom stereocenters. The molecular weight excluding hydrogens is 566 g/mol. The first kappa shape index (κ1) is 28.3. The molecule has 3 aromatic carbocycles. The zero-order valence-corrected chi connectivity index (χ0v) is 23.9. The van der Waals surface area contributed by atoms with Gasteiger partial charge in [-0.3, -0.25) is 14.2 Å². The number of rotatable bonds is 8. The van der Waals surface area contributed by atoms with Gasteiger partial charge in [-0.1, -0.05) is 30.5 Å². The molecule has 202 valence electrons. The number of halogens is 1. The van der Waals surface area contributed by atoms with E-state index in [-0.39, 0.29) is 21.4 Å². The quantitative estimate of drug-likeness (QED) is 0.325. The van der Waals surface area contributed by atoms with E-state index in [1.54, 1.807) is 29.2 Å². The Morgan fingerprint density at radius 1 is 0.789 bits per heavy atom. The van der Waals surface area contributed by atoms with Crippen molar-refractivity contribution >= 4 is 60.7 Å². The van der Waals surface area contributed by atoms with Gasteiger partial charge in [0.15, 0.2) is 0 Å². The number of sulfonamides is 2. The number of nitrogens with one attached hydrogen (secondary N) is 2. The molecule has 0 bridgehead atoms. The second-order valence-corrected chi connectivity index (χ2v) is 13.5. The number of likely N-dealkylation sites (tertiary alicyclic amines) is 1. The van der Waals surface area contributed by atoms with Gasteiger partial charge < -0.3 is 4.90 Å². The van der Waals surface area contributed by atoms with Crippen LogP contribution in [0.1, 0.15) is 36.0 Å². The summed E-state index contributed by atoms with van der Waals surface area (Å²) < 4.78 is 56.7. The lowest BCUT2D eigenvalue weighted by Crippen LogP contribution is -2.32. The van der Waals surface area contributed by atoms with Crippen LogP contribution in [0.5, 0.6) is 0 Å². The topological polar surface area (TPSA) is 113 Å². The highest BCUT2D eigenvalue weighted by Gasteiger charge is 2.24. The molecular formula is C26H28ClN3O5S3. The summed E-state index contributed by atoms with van der Waals surface area (Å²) in [6, 6.07) is 16.1. The molecule has 12 heteroatoms. The Hall–Kier alpha value is -2.73. The molecule has 38 heavy (non-hydrogen) atoms. The monoisotopic (exact) mass is 593 g/mol. The van der Waals surface area contributed by atoms with Crippen LogP contribution in [0.3, 0.4) is 0 Å². The van der Waals surface area contributed by atoms with E-state index in [9.17, 15) is 21.6 Å². The third kappa shape index (κ3) is 6.82. The standard InChI is InChI=1S/C26H28ClN3O5S3/c1-36-25-14-13-23(18-24(25)26(31)30-15-4-2-3-5-16-30)38(34,35)28-20-9-11-22(12-10-20)37(32,33)29-21-8-6-7-19(27)17-21/h6-14,17-18,28-29H,2-5,15-16H2,1H3. The van der Waals surface area contributed by atoms with Crippen LogP contribution in [0, 0.1) is 0 Å². The fourth-order valence-electron chi connectivity index (χ4n) is 4.15. The zero-order valence-electron chi connectivity index (χ0n) is 20.7. The van der Waals surface area contributed by atoms with Crippen molar-refractivity contribution in [2.24, 2.45) is 0 Å². The first-order chi connectivity index (χ1) is 18.1. The van der Waals surface area contributed by atoms with Gasteiger partial charge in [0.2, 0.25) is 0 Å². The van der Waals surface area contributed by atoms with Crippen molar-refractivity contribution in [1.29, 1.82) is 0 Å². The lowest BCUT2D eigenvalue weighted by molar-refractivity contribution is 0.0758. The summed E-state index contributed by atoms with van der Waals surface area (Å²) in [7, 11) is -7.95. The molecule has 3 aromatic rings. The third-order valence-corrected chi connectivity index (χ3v) is 9.91. The van der Waals surface area contributed by atoms with Gasteiger partial charge in [0.25, 0.3) is 26.0 Å². The highest BCUT2D eigenvalue weighted by atomic mass is 35.5. The molecule has 1 aliphatic rings. The average Bonchev–Trinajstić information content (AvgIpc) is 3.17. The molecule has 8 nitrogen and oxygen atoms in total. The fraction of sp³-hybridized carbons (Fsp3) is 0.269. The summed E-state index contributed by atoms with van der Waals surface area (Å²) in [6.45, 7) is 1.31. The van der Waals surface area contributed by atoms with Gasteiger partial charge in [-0.2, -0.15) is 0 Å². The second-order valence-electron chi connectivity index (χ2n) is 8.81. The number of carbonyl (C=O) groups is 1. The predicted octanol–water partition coefficient (Wildman–Crippen LogP) is 5.68. The first-order valence-electron chi connectivity index (χ1n) is 12.0. The third-order valence-electron chi connectivity index (χ3n) is 6.10. The number of nitrogens with zero attached hydrogens (tertiary/aromatic N) is 1. The highest BCUT2D eigenvalue weighted by molar-refractivity contribution is 7.98. The van der Waals surface area contributed by atoms with Crippen molar-refractivity contribution in [2.45, 2.75) is 40.4 Å². The van der Waals surface area contributed by atoms with Gasteiger partial charge in [0.1, 0.15) is 0 Å². The van der Waals surface area contributed by atoms with Crippen LogP contribution in [0.25, 0.3) is 0 Å². The summed E-state index contributed by atoms with van der Waals surface area (Å²) >= 11 is 7.31. The van der Waals surface area contributed by atoms with E-state index in [1.807, 2.05) is 6.26 Å². The van der Waals surface area contributed by atoms with Crippen LogP contribution in [-0.2, 0) is 20.0 Å². The van der Waals surface area contributed by atoms with Crippen molar-refractivity contribution in [3.63, 3.8) is 0 Å². The number of hydrogen-bond acceptors (Lipinski definition) is 6. The minimum Gasteiger partial charge on any atom is -0.339 e. The van der Waals surface area contributed by atoms with Gasteiger partial charge in [0, 0.05) is 28.7 Å². The molecule has 1 amide bonds. The van der Waals surface area contributed by atoms with Gasteiger partial charge in [-0.05, 0) is 79.8 Å². The minimum atomic E-state index is -4.04. The second kappa shape index (κ2) is 12.0. The van der Waals surface area contributed by atoms with Crippen LogP contribution >= 0.6 is 23.4 Å². The molecule has 0 aliphatic carbocycles. The van der Waals surface area contributed by atoms with E-state index >= 15 is 0 Å². The highest BCUT2D eigenvalue weighted by Crippen LogP contribution is 2.28. The Bertz CT molecular complexity index is 1520. The van der Waals surface area contributed by atoms with Crippen LogP contribution in [0.4, 0.5) is 11.4 Å². The molecule has 0 aromatic heterocycles. The van der Waals surface area contributed by atoms with Gasteiger partial charge >= 0.3 is 0 Å². The maximum absolute atomic E-state index is 13.3. The summed E-state index contributed by atoms with van der Waals surface area (Å²) in [6.07, 6.45) is 5.86. The molecule has 1 fully saturated rings. The average molecular weight is 594 g/mol. The Morgan fingerprint density at radius 3 is 2.03 bits per heavy atom. The SMILES string of the molecule is CSc1ccc(S(=O)(=O)Nc2ccc(S(=O)(=O)Nc3cccc(Cl)c3)cc2)cc1C(=O)N1CCCCCC1. The van der Waals surface area contributed by atoms with E-state index < -0.39 is 20.0 Å². The summed E-state index contributed by atoms with van der Waals surface area (Å²) in [5.74, 6) is -0.171. The van der Waals surface area contributed by atoms with E-state index in [0.717, 1.165) is 25.7 Å². The Balaban J connectivity index is 1.53. The molecule has 1 heterocycles. The Kier molecular flexibility index (Phi) is 8.92. The molecule has 1 saturated heterocycles. The van der Waals surface area contributed by atoms with Crippen molar-refractivity contribution in [3.8, 4) is 0 Å². The largest absolute Gasteiger partial charge is 0.339 e. The molecule has 2 N–H and O–H groups in total. The van der Waals surface area contributed by atoms with E-state index in [4.69, 9.17) is 11.6 Å². The number of amides is 1. The number of hydrogen-bond donors (Lipinski definition) is 2. The lowest BCUT2D eigenvalue weighted by Gasteiger charge is -2.22. The van der Waals surface area contributed by atoms with Crippen LogP contribution in [0.15, 0.2) is 81.4 Å². The van der Waals surface area contributed by atoms with Crippen molar-refractivity contribution in [3.05, 3.63) is 77.3 Å². The first-order valence-corrected chi connectivity index (χ1v) is 16.5. The predicted molar refractivity (Wildman–Crippen MR) is 152 cm³/mol. The smallest absolute Gasteiger partial charge is 0.261 e. The molecule has 1 aliphatic heterocycles. The normalized spacial score (nSPS) is 14.5. The number of anilines is 2. The zero-order chi connectivity index (χ0) is 27.3.